The minimum atomic E-state index is 0.165. The van der Waals surface area contributed by atoms with Gasteiger partial charge in [0, 0.05) is 22.7 Å². The molecule has 1 aromatic heterocycles. The van der Waals surface area contributed by atoms with E-state index in [0.29, 0.717) is 11.8 Å². The Labute approximate surface area is 113 Å². The number of fused-ring (bicyclic) bond motifs is 1. The molecule has 0 aliphatic heterocycles. The highest BCUT2D eigenvalue weighted by molar-refractivity contribution is 5.79. The largest absolute Gasteiger partial charge is 0.358 e. The van der Waals surface area contributed by atoms with E-state index in [1.807, 2.05) is 12.1 Å². The number of hydrogen-bond acceptors (Lipinski definition) is 1. The number of aromatic nitrogens is 1. The molecule has 1 aliphatic carbocycles. The number of aromatic amines is 1. The van der Waals surface area contributed by atoms with Crippen LogP contribution in [0.5, 0.6) is 0 Å². The molecule has 0 bridgehead atoms. The number of pyridine rings is 1. The average molecular weight is 255 g/mol. The maximum absolute atomic E-state index is 12.3. The zero-order valence-electron chi connectivity index (χ0n) is 11.7. The topological polar surface area (TPSA) is 32.9 Å². The Balaban J connectivity index is 2.11. The second kappa shape index (κ2) is 4.84. The second-order valence-corrected chi connectivity index (χ2v) is 6.03. The highest BCUT2D eigenvalue weighted by Crippen LogP contribution is 2.33. The molecule has 0 unspecified atom stereocenters. The third-order valence-corrected chi connectivity index (χ3v) is 4.34. The highest BCUT2D eigenvalue weighted by Gasteiger charge is 2.18. The molecule has 0 spiro atoms. The van der Waals surface area contributed by atoms with Crippen LogP contribution in [0.15, 0.2) is 29.1 Å². The summed E-state index contributed by atoms with van der Waals surface area (Å²) < 4.78 is 0. The third kappa shape index (κ3) is 2.32. The first-order valence-corrected chi connectivity index (χ1v) is 7.32. The predicted molar refractivity (Wildman–Crippen MR) is 79.9 cm³/mol. The van der Waals surface area contributed by atoms with Crippen molar-refractivity contribution in [1.29, 1.82) is 0 Å². The van der Waals surface area contributed by atoms with Crippen LogP contribution in [0.3, 0.4) is 0 Å². The van der Waals surface area contributed by atoms with Crippen LogP contribution in [0.2, 0.25) is 0 Å². The lowest BCUT2D eigenvalue weighted by molar-refractivity contribution is 0.700. The van der Waals surface area contributed by atoms with Gasteiger partial charge in [-0.3, -0.25) is 4.79 Å². The van der Waals surface area contributed by atoms with Gasteiger partial charge in [-0.1, -0.05) is 32.8 Å². The molecular formula is C17H21NO. The lowest BCUT2D eigenvalue weighted by Crippen LogP contribution is -2.08. The van der Waals surface area contributed by atoms with E-state index in [1.165, 1.54) is 31.2 Å². The number of nitrogens with one attached hydrogen (secondary N) is 1. The molecule has 19 heavy (non-hydrogen) atoms. The summed E-state index contributed by atoms with van der Waals surface area (Å²) in [6.45, 7) is 4.31. The van der Waals surface area contributed by atoms with E-state index in [2.05, 4.69) is 31.0 Å². The molecule has 0 amide bonds. The zero-order valence-corrected chi connectivity index (χ0v) is 11.7. The molecule has 1 heterocycles. The van der Waals surface area contributed by atoms with Gasteiger partial charge in [-0.15, -0.1) is 0 Å². The van der Waals surface area contributed by atoms with Crippen LogP contribution >= 0.6 is 0 Å². The predicted octanol–water partition coefficient (Wildman–Crippen LogP) is 4.31. The summed E-state index contributed by atoms with van der Waals surface area (Å²) in [5, 5.41) is 0.827. The summed E-state index contributed by atoms with van der Waals surface area (Å²) in [5.74, 6) is 1.01. The lowest BCUT2D eigenvalue weighted by Gasteiger charge is -2.12. The Bertz CT molecular complexity index is 648. The molecule has 1 fully saturated rings. The van der Waals surface area contributed by atoms with Crippen LogP contribution in [-0.2, 0) is 0 Å². The van der Waals surface area contributed by atoms with Crippen molar-refractivity contribution in [1.82, 2.24) is 4.98 Å². The van der Waals surface area contributed by atoms with E-state index < -0.39 is 0 Å². The summed E-state index contributed by atoms with van der Waals surface area (Å²) >= 11 is 0. The van der Waals surface area contributed by atoms with E-state index in [9.17, 15) is 4.79 Å². The minimum absolute atomic E-state index is 0.165. The van der Waals surface area contributed by atoms with Crippen molar-refractivity contribution >= 4 is 10.9 Å². The van der Waals surface area contributed by atoms with E-state index in [4.69, 9.17) is 0 Å². The van der Waals surface area contributed by atoms with Gasteiger partial charge >= 0.3 is 0 Å². The summed E-state index contributed by atoms with van der Waals surface area (Å²) in [7, 11) is 0. The van der Waals surface area contributed by atoms with Crippen LogP contribution < -0.4 is 5.43 Å². The van der Waals surface area contributed by atoms with Gasteiger partial charge in [0.25, 0.3) is 0 Å². The first kappa shape index (κ1) is 12.5. The molecular weight excluding hydrogens is 234 g/mol. The fraction of sp³-hybridized carbons (Fsp3) is 0.471. The Morgan fingerprint density at radius 1 is 1.16 bits per heavy atom. The van der Waals surface area contributed by atoms with Crippen molar-refractivity contribution in [2.75, 3.05) is 0 Å². The monoisotopic (exact) mass is 255 g/mol. The molecule has 1 saturated carbocycles. The van der Waals surface area contributed by atoms with Gasteiger partial charge in [0.1, 0.15) is 0 Å². The van der Waals surface area contributed by atoms with Crippen molar-refractivity contribution in [2.24, 2.45) is 0 Å². The van der Waals surface area contributed by atoms with E-state index in [1.54, 1.807) is 0 Å². The van der Waals surface area contributed by atoms with Gasteiger partial charge in [-0.25, -0.2) is 0 Å². The summed E-state index contributed by atoms with van der Waals surface area (Å²) in [5.41, 5.74) is 3.51. The van der Waals surface area contributed by atoms with E-state index in [0.717, 1.165) is 16.6 Å². The molecule has 1 aromatic carbocycles. The smallest absolute Gasteiger partial charge is 0.189 e. The lowest BCUT2D eigenvalue weighted by atomic mass is 9.99. The van der Waals surface area contributed by atoms with Crippen molar-refractivity contribution < 1.29 is 0 Å². The van der Waals surface area contributed by atoms with Gasteiger partial charge in [-0.2, -0.15) is 0 Å². The number of benzene rings is 1. The SMILES string of the molecule is CC(C)c1ccc2[nH]c(C3CCCC3)cc(=O)c2c1. The van der Waals surface area contributed by atoms with E-state index >= 15 is 0 Å². The molecule has 3 rings (SSSR count). The van der Waals surface area contributed by atoms with Gasteiger partial charge in [0.15, 0.2) is 5.43 Å². The molecule has 0 radical (unpaired) electrons. The van der Waals surface area contributed by atoms with Crippen LogP contribution in [0, 0.1) is 0 Å². The van der Waals surface area contributed by atoms with Gasteiger partial charge in [-0.05, 0) is 42.4 Å². The van der Waals surface area contributed by atoms with Gasteiger partial charge < -0.3 is 4.98 Å². The zero-order chi connectivity index (χ0) is 13.4. The summed E-state index contributed by atoms with van der Waals surface area (Å²) in [6.07, 6.45) is 5.01. The number of hydrogen-bond donors (Lipinski definition) is 1. The number of H-pyrrole nitrogens is 1. The average Bonchev–Trinajstić information content (AvgIpc) is 2.92. The first-order valence-electron chi connectivity index (χ1n) is 7.32. The van der Waals surface area contributed by atoms with Crippen LogP contribution in [0.25, 0.3) is 10.9 Å². The van der Waals surface area contributed by atoms with Crippen LogP contribution in [0.1, 0.15) is 62.6 Å². The van der Waals surface area contributed by atoms with Gasteiger partial charge in [0.2, 0.25) is 0 Å². The Hall–Kier alpha value is -1.57. The minimum Gasteiger partial charge on any atom is -0.358 e. The molecule has 100 valence electrons. The van der Waals surface area contributed by atoms with Crippen molar-refractivity contribution in [3.63, 3.8) is 0 Å². The molecule has 0 atom stereocenters. The maximum atomic E-state index is 12.3. The Kier molecular flexibility index (Phi) is 3.17. The van der Waals surface area contributed by atoms with E-state index in [-0.39, 0.29) is 5.43 Å². The molecule has 2 aromatic rings. The van der Waals surface area contributed by atoms with Crippen molar-refractivity contribution in [2.45, 2.75) is 51.4 Å². The normalized spacial score (nSPS) is 16.6. The molecule has 1 N–H and O–H groups in total. The van der Waals surface area contributed by atoms with Gasteiger partial charge in [0.05, 0.1) is 0 Å². The highest BCUT2D eigenvalue weighted by atomic mass is 16.1. The maximum Gasteiger partial charge on any atom is 0.189 e. The molecule has 2 nitrogen and oxygen atoms in total. The molecule has 0 saturated heterocycles. The van der Waals surface area contributed by atoms with Crippen molar-refractivity contribution in [3.8, 4) is 0 Å². The molecule has 2 heteroatoms. The fourth-order valence-electron chi connectivity index (χ4n) is 3.10. The number of rotatable bonds is 2. The first-order chi connectivity index (χ1) is 9.15. The van der Waals surface area contributed by atoms with Crippen molar-refractivity contribution in [3.05, 3.63) is 45.7 Å². The fourth-order valence-corrected chi connectivity index (χ4v) is 3.10. The Morgan fingerprint density at radius 2 is 1.89 bits per heavy atom. The quantitative estimate of drug-likeness (QED) is 0.852. The van der Waals surface area contributed by atoms with Crippen LogP contribution in [0.4, 0.5) is 0 Å². The standard InChI is InChI=1S/C17H21NO/c1-11(2)13-7-8-15-14(9-13)17(19)10-16(18-15)12-5-3-4-6-12/h7-12H,3-6H2,1-2H3,(H,18,19). The molecule has 1 aliphatic rings. The third-order valence-electron chi connectivity index (χ3n) is 4.34. The summed E-state index contributed by atoms with van der Waals surface area (Å²) in [6, 6.07) is 8.05. The summed E-state index contributed by atoms with van der Waals surface area (Å²) in [4.78, 5) is 15.8. The Morgan fingerprint density at radius 3 is 2.58 bits per heavy atom. The van der Waals surface area contributed by atoms with Crippen LogP contribution in [-0.4, -0.2) is 4.98 Å². The second-order valence-electron chi connectivity index (χ2n) is 6.03.